The summed E-state index contributed by atoms with van der Waals surface area (Å²) in [5, 5.41) is 4.49. The van der Waals surface area contributed by atoms with Crippen molar-refractivity contribution in [3.8, 4) is 11.3 Å². The summed E-state index contributed by atoms with van der Waals surface area (Å²) >= 11 is 0. The zero-order valence-corrected chi connectivity index (χ0v) is 19.6. The lowest BCUT2D eigenvalue weighted by Gasteiger charge is -2.34. The maximum Gasteiger partial charge on any atom is 0.435 e. The summed E-state index contributed by atoms with van der Waals surface area (Å²) in [5.74, 6) is -5.08. The third-order valence-electron chi connectivity index (χ3n) is 7.24. The number of benzene rings is 1. The fourth-order valence-corrected chi connectivity index (χ4v) is 5.78. The zero-order chi connectivity index (χ0) is 26.4. The van der Waals surface area contributed by atoms with Crippen LogP contribution in [-0.2, 0) is 19.6 Å². The van der Waals surface area contributed by atoms with E-state index >= 15 is 0 Å². The van der Waals surface area contributed by atoms with Gasteiger partial charge in [-0.25, -0.2) is 18.2 Å². The van der Waals surface area contributed by atoms with E-state index in [1.54, 1.807) is 26.1 Å². The number of aryl methyl sites for hydroxylation is 2. The number of imidazole rings is 1. The van der Waals surface area contributed by atoms with Crippen LogP contribution in [0.4, 0.5) is 26.3 Å². The van der Waals surface area contributed by atoms with Crippen molar-refractivity contribution >= 4 is 11.6 Å². The average Bonchev–Trinajstić information content (AvgIpc) is 3.48. The third kappa shape index (κ3) is 3.37. The van der Waals surface area contributed by atoms with E-state index in [-0.39, 0.29) is 17.6 Å². The molecule has 5 heterocycles. The molecule has 4 aromatic rings. The summed E-state index contributed by atoms with van der Waals surface area (Å²) in [7, 11) is 1.56. The van der Waals surface area contributed by atoms with Crippen molar-refractivity contribution in [3.63, 3.8) is 0 Å². The highest BCUT2D eigenvalue weighted by molar-refractivity contribution is 5.96. The Bertz CT molecular complexity index is 1580. The highest BCUT2D eigenvalue weighted by Gasteiger charge is 2.49. The molecule has 2 aliphatic heterocycles. The first-order valence-electron chi connectivity index (χ1n) is 11.6. The highest BCUT2D eigenvalue weighted by atomic mass is 19.4. The van der Waals surface area contributed by atoms with Crippen LogP contribution in [0.15, 0.2) is 30.3 Å². The van der Waals surface area contributed by atoms with Gasteiger partial charge in [0.1, 0.15) is 11.3 Å². The molecule has 1 amide bonds. The molecule has 0 N–H and O–H groups in total. The lowest BCUT2D eigenvalue weighted by atomic mass is 9.94. The molecule has 0 saturated carbocycles. The van der Waals surface area contributed by atoms with Crippen molar-refractivity contribution in [1.29, 1.82) is 0 Å². The Labute approximate surface area is 206 Å². The lowest BCUT2D eigenvalue weighted by Crippen LogP contribution is -2.43. The van der Waals surface area contributed by atoms with Gasteiger partial charge in [0.05, 0.1) is 17.4 Å². The van der Waals surface area contributed by atoms with Gasteiger partial charge >= 0.3 is 6.18 Å². The molecule has 0 spiro atoms. The predicted molar refractivity (Wildman–Crippen MR) is 119 cm³/mol. The van der Waals surface area contributed by atoms with Gasteiger partial charge in [-0.15, -0.1) is 0 Å². The van der Waals surface area contributed by atoms with Crippen molar-refractivity contribution in [2.75, 3.05) is 0 Å². The second kappa shape index (κ2) is 7.83. The summed E-state index contributed by atoms with van der Waals surface area (Å²) in [6.07, 6.45) is -3.65. The number of pyridine rings is 1. The second-order valence-corrected chi connectivity index (χ2v) is 9.42. The van der Waals surface area contributed by atoms with E-state index in [1.807, 2.05) is 0 Å². The molecule has 1 saturated heterocycles. The minimum Gasteiger partial charge on any atom is -0.325 e. The van der Waals surface area contributed by atoms with Crippen molar-refractivity contribution in [1.82, 2.24) is 24.1 Å². The number of alkyl halides is 3. The SMILES string of the molecule is Cc1cccc2nc(C(F)(F)F)c(C(=O)N3C4CCC3c3nn(C)c(-c5cc(F)c(F)c(F)c5)c3C4)n12. The molecule has 2 aliphatic rings. The monoisotopic (exact) mass is 519 g/mol. The van der Waals surface area contributed by atoms with Crippen LogP contribution < -0.4 is 0 Å². The Morgan fingerprint density at radius 2 is 1.78 bits per heavy atom. The van der Waals surface area contributed by atoms with Gasteiger partial charge in [-0.1, -0.05) is 6.07 Å². The number of aromatic nitrogens is 4. The first-order valence-corrected chi connectivity index (χ1v) is 11.6. The number of carbonyl (C=O) groups is 1. The van der Waals surface area contributed by atoms with Crippen molar-refractivity contribution in [2.45, 2.75) is 44.4 Å². The van der Waals surface area contributed by atoms with Gasteiger partial charge in [-0.3, -0.25) is 13.9 Å². The van der Waals surface area contributed by atoms with E-state index in [0.717, 1.165) is 12.1 Å². The number of hydrogen-bond donors (Lipinski definition) is 0. The van der Waals surface area contributed by atoms with Gasteiger partial charge < -0.3 is 4.90 Å². The van der Waals surface area contributed by atoms with Crippen LogP contribution >= 0.6 is 0 Å². The summed E-state index contributed by atoms with van der Waals surface area (Å²) in [6, 6.07) is 5.25. The molecule has 2 bridgehead atoms. The van der Waals surface area contributed by atoms with Crippen LogP contribution in [0.1, 0.15) is 52.0 Å². The van der Waals surface area contributed by atoms with Gasteiger partial charge in [0.2, 0.25) is 0 Å². The first-order chi connectivity index (χ1) is 17.5. The molecule has 0 aliphatic carbocycles. The summed E-state index contributed by atoms with van der Waals surface area (Å²) in [5.41, 5.74) is 0.173. The first kappa shape index (κ1) is 23.6. The molecule has 1 aromatic carbocycles. The van der Waals surface area contributed by atoms with Crippen LogP contribution in [0, 0.1) is 24.4 Å². The molecular weight excluding hydrogens is 500 g/mol. The van der Waals surface area contributed by atoms with Crippen LogP contribution in [0.3, 0.4) is 0 Å². The summed E-state index contributed by atoms with van der Waals surface area (Å²) < 4.78 is 86.1. The molecule has 2 unspecified atom stereocenters. The number of amides is 1. The zero-order valence-electron chi connectivity index (χ0n) is 19.6. The largest absolute Gasteiger partial charge is 0.435 e. The molecule has 3 aromatic heterocycles. The molecule has 37 heavy (non-hydrogen) atoms. The average molecular weight is 519 g/mol. The number of fused-ring (bicyclic) bond motifs is 5. The minimum absolute atomic E-state index is 0.0150. The highest BCUT2D eigenvalue weighted by Crippen LogP contribution is 2.47. The Morgan fingerprint density at radius 1 is 1.08 bits per heavy atom. The normalized spacial score (nSPS) is 19.1. The van der Waals surface area contributed by atoms with Crippen LogP contribution in [-0.4, -0.2) is 36.0 Å². The maximum absolute atomic E-state index is 14.0. The molecule has 12 heteroatoms. The molecule has 0 radical (unpaired) electrons. The van der Waals surface area contributed by atoms with E-state index in [0.29, 0.717) is 35.5 Å². The molecule has 1 fully saturated rings. The van der Waals surface area contributed by atoms with Gasteiger partial charge in [0.15, 0.2) is 23.1 Å². The Morgan fingerprint density at radius 3 is 2.46 bits per heavy atom. The number of nitrogens with zero attached hydrogens (tertiary/aromatic N) is 5. The Balaban J connectivity index is 1.47. The fourth-order valence-electron chi connectivity index (χ4n) is 5.78. The Hall–Kier alpha value is -3.83. The lowest BCUT2D eigenvalue weighted by molar-refractivity contribution is -0.141. The topological polar surface area (TPSA) is 55.4 Å². The van der Waals surface area contributed by atoms with E-state index < -0.39 is 53.0 Å². The van der Waals surface area contributed by atoms with Gasteiger partial charge in [-0.2, -0.15) is 18.3 Å². The summed E-state index contributed by atoms with van der Waals surface area (Å²) in [4.78, 5) is 19.0. The number of carbonyl (C=O) groups excluding carboxylic acids is 1. The fraction of sp³-hybridized carbons (Fsp3) is 0.320. The van der Waals surface area contributed by atoms with Crippen molar-refractivity contribution < 1.29 is 31.1 Å². The molecule has 2 atom stereocenters. The maximum atomic E-state index is 14.0. The number of halogens is 6. The number of rotatable bonds is 2. The van der Waals surface area contributed by atoms with E-state index in [4.69, 9.17) is 0 Å². The quantitative estimate of drug-likeness (QED) is 0.264. The second-order valence-electron chi connectivity index (χ2n) is 9.42. The minimum atomic E-state index is -4.85. The van der Waals surface area contributed by atoms with Crippen LogP contribution in [0.25, 0.3) is 16.9 Å². The predicted octanol–water partition coefficient (Wildman–Crippen LogP) is 5.38. The van der Waals surface area contributed by atoms with Crippen molar-refractivity contribution in [3.05, 3.63) is 76.1 Å². The molecule has 192 valence electrons. The Kier molecular flexibility index (Phi) is 4.99. The van der Waals surface area contributed by atoms with Gasteiger partial charge in [-0.05, 0) is 50.5 Å². The molecule has 6 nitrogen and oxygen atoms in total. The molecular formula is C25H19F6N5O. The molecule has 6 rings (SSSR count). The standard InChI is InChI=1S/C25H19F6N5O/c1-11-4-3-5-18-32-23(25(29,30)31)22(35(11)18)24(37)36-13-6-7-17(36)20-14(10-13)21(34(2)33-20)12-8-15(26)19(28)16(27)9-12/h3-5,8-9,13,17H,6-7,10H2,1-2H3. The van der Waals surface area contributed by atoms with Gasteiger partial charge in [0.25, 0.3) is 5.91 Å². The van der Waals surface area contributed by atoms with E-state index in [9.17, 15) is 31.1 Å². The smallest absolute Gasteiger partial charge is 0.325 e. The van der Waals surface area contributed by atoms with E-state index in [1.165, 1.54) is 20.0 Å². The summed E-state index contributed by atoms with van der Waals surface area (Å²) in [6.45, 7) is 1.60. The van der Waals surface area contributed by atoms with Gasteiger partial charge in [0, 0.05) is 29.9 Å². The van der Waals surface area contributed by atoms with E-state index in [2.05, 4.69) is 10.1 Å². The van der Waals surface area contributed by atoms with Crippen LogP contribution in [0.2, 0.25) is 0 Å². The van der Waals surface area contributed by atoms with Crippen molar-refractivity contribution in [2.24, 2.45) is 7.05 Å². The van der Waals surface area contributed by atoms with Crippen LogP contribution in [0.5, 0.6) is 0 Å². The number of hydrogen-bond acceptors (Lipinski definition) is 3. The third-order valence-corrected chi connectivity index (χ3v) is 7.24.